The lowest BCUT2D eigenvalue weighted by Gasteiger charge is -2.30. The largest absolute Gasteiger partial charge is 0.361 e. The number of carbonyl (C=O) groups excluding carboxylic acids is 1. The third-order valence-electron chi connectivity index (χ3n) is 5.33. The minimum atomic E-state index is -0.251. The molecule has 0 bridgehead atoms. The van der Waals surface area contributed by atoms with Gasteiger partial charge in [-0.05, 0) is 43.4 Å². The normalized spacial score (nSPS) is 20.4. The van der Waals surface area contributed by atoms with Crippen molar-refractivity contribution in [2.45, 2.75) is 39.3 Å². The summed E-state index contributed by atoms with van der Waals surface area (Å²) in [6.07, 6.45) is 2.10. The van der Waals surface area contributed by atoms with Gasteiger partial charge in [0.25, 0.3) is 5.91 Å². The highest BCUT2D eigenvalue weighted by atomic mass is 19.1. The van der Waals surface area contributed by atoms with Crippen LogP contribution in [-0.2, 0) is 6.54 Å². The van der Waals surface area contributed by atoms with E-state index in [1.54, 1.807) is 6.07 Å². The van der Waals surface area contributed by atoms with Crippen molar-refractivity contribution < 1.29 is 9.18 Å². The molecule has 1 N–H and O–H groups in total. The molecule has 1 saturated heterocycles. The molecule has 1 atom stereocenters. The summed E-state index contributed by atoms with van der Waals surface area (Å²) in [5.74, 6) is 1.24. The fourth-order valence-corrected chi connectivity index (χ4v) is 3.78. The summed E-state index contributed by atoms with van der Waals surface area (Å²) in [6, 6.07) is 6.51. The van der Waals surface area contributed by atoms with Gasteiger partial charge in [0.2, 0.25) is 0 Å². The van der Waals surface area contributed by atoms with Crippen LogP contribution >= 0.6 is 0 Å². The Bertz CT molecular complexity index is 808. The molecule has 1 aromatic heterocycles. The molecule has 1 amide bonds. The molecule has 0 saturated carbocycles. The van der Waals surface area contributed by atoms with Gasteiger partial charge >= 0.3 is 0 Å². The van der Waals surface area contributed by atoms with Crippen molar-refractivity contribution in [2.75, 3.05) is 18.4 Å². The fraction of sp³-hybridized carbons (Fsp3) is 0.474. The number of amides is 1. The van der Waals surface area contributed by atoms with Gasteiger partial charge < -0.3 is 10.2 Å². The van der Waals surface area contributed by atoms with Crippen molar-refractivity contribution in [1.82, 2.24) is 14.7 Å². The molecule has 2 aliphatic heterocycles. The van der Waals surface area contributed by atoms with Gasteiger partial charge in [0.15, 0.2) is 0 Å². The lowest BCUT2D eigenvalue weighted by atomic mass is 9.98. The maximum Gasteiger partial charge on any atom is 0.259 e. The minimum absolute atomic E-state index is 0.0537. The number of fused-ring (bicyclic) bond motifs is 1. The number of nitrogens with zero attached hydrogens (tertiary/aromatic N) is 3. The number of hydrogen-bond donors (Lipinski definition) is 1. The molecule has 1 unspecified atom stereocenters. The van der Waals surface area contributed by atoms with Crippen LogP contribution in [0.4, 0.5) is 10.2 Å². The quantitative estimate of drug-likeness (QED) is 0.910. The lowest BCUT2D eigenvalue weighted by Crippen LogP contribution is -2.38. The molecular weight excluding hydrogens is 319 g/mol. The van der Waals surface area contributed by atoms with E-state index < -0.39 is 0 Å². The number of carbonyl (C=O) groups is 1. The Morgan fingerprint density at radius 3 is 2.80 bits per heavy atom. The van der Waals surface area contributed by atoms with Crippen molar-refractivity contribution in [1.29, 1.82) is 0 Å². The summed E-state index contributed by atoms with van der Waals surface area (Å²) >= 11 is 0. The summed E-state index contributed by atoms with van der Waals surface area (Å²) in [6.45, 7) is 6.32. The van der Waals surface area contributed by atoms with E-state index in [4.69, 9.17) is 0 Å². The number of nitrogens with one attached hydrogen (secondary N) is 1. The first kappa shape index (κ1) is 16.1. The molecule has 1 fully saturated rings. The standard InChI is InChI=1S/C19H23FN4O/c1-12-6-8-23(9-7-12)19(25)17-13(2)22-24-11-16(21-18(17)24)14-4-3-5-15(20)10-14/h3-5,10,12,16,21H,6-9,11H2,1-2H3. The number of benzene rings is 1. The second-order valence-electron chi connectivity index (χ2n) is 7.22. The smallest absolute Gasteiger partial charge is 0.259 e. The molecule has 0 spiro atoms. The second kappa shape index (κ2) is 6.17. The number of hydrogen-bond acceptors (Lipinski definition) is 3. The van der Waals surface area contributed by atoms with Gasteiger partial charge in [0.05, 0.1) is 18.3 Å². The minimum Gasteiger partial charge on any atom is -0.361 e. The van der Waals surface area contributed by atoms with E-state index in [0.717, 1.165) is 43.0 Å². The third kappa shape index (κ3) is 2.90. The SMILES string of the molecule is Cc1nn2c(c1C(=O)N1CCC(C)CC1)NC(c1cccc(F)c1)C2. The Balaban J connectivity index is 1.58. The van der Waals surface area contributed by atoms with Crippen LogP contribution in [0.3, 0.4) is 0 Å². The van der Waals surface area contributed by atoms with Crippen LogP contribution in [-0.4, -0.2) is 33.7 Å². The van der Waals surface area contributed by atoms with Crippen molar-refractivity contribution in [2.24, 2.45) is 5.92 Å². The van der Waals surface area contributed by atoms with Crippen molar-refractivity contribution in [3.05, 3.63) is 46.9 Å². The Morgan fingerprint density at radius 1 is 1.32 bits per heavy atom. The number of aryl methyl sites for hydroxylation is 1. The maximum atomic E-state index is 13.5. The highest BCUT2D eigenvalue weighted by Gasteiger charge is 2.33. The first-order valence-corrected chi connectivity index (χ1v) is 8.91. The molecule has 3 heterocycles. The van der Waals surface area contributed by atoms with E-state index in [0.29, 0.717) is 18.0 Å². The van der Waals surface area contributed by atoms with E-state index in [2.05, 4.69) is 17.3 Å². The fourth-order valence-electron chi connectivity index (χ4n) is 3.78. The van der Waals surface area contributed by atoms with Crippen molar-refractivity contribution >= 4 is 11.7 Å². The number of halogens is 1. The van der Waals surface area contributed by atoms with E-state index in [9.17, 15) is 9.18 Å². The number of likely N-dealkylation sites (tertiary alicyclic amines) is 1. The molecule has 2 aliphatic rings. The van der Waals surface area contributed by atoms with Crippen LogP contribution in [0.1, 0.15) is 47.4 Å². The first-order chi connectivity index (χ1) is 12.0. The summed E-state index contributed by atoms with van der Waals surface area (Å²) in [5, 5.41) is 7.92. The molecule has 25 heavy (non-hydrogen) atoms. The van der Waals surface area contributed by atoms with Gasteiger partial charge in [0, 0.05) is 13.1 Å². The van der Waals surface area contributed by atoms with Gasteiger partial charge in [-0.3, -0.25) is 4.79 Å². The van der Waals surface area contributed by atoms with Crippen LogP contribution in [0.5, 0.6) is 0 Å². The van der Waals surface area contributed by atoms with Gasteiger partial charge in [-0.15, -0.1) is 0 Å². The summed E-state index contributed by atoms with van der Waals surface area (Å²) < 4.78 is 15.3. The first-order valence-electron chi connectivity index (χ1n) is 8.91. The van der Waals surface area contributed by atoms with Gasteiger partial charge in [-0.25, -0.2) is 9.07 Å². The molecule has 6 heteroatoms. The Labute approximate surface area is 146 Å². The number of anilines is 1. The van der Waals surface area contributed by atoms with Crippen LogP contribution in [0.15, 0.2) is 24.3 Å². The number of rotatable bonds is 2. The molecule has 0 aliphatic carbocycles. The van der Waals surface area contributed by atoms with E-state index >= 15 is 0 Å². The number of aromatic nitrogens is 2. The summed E-state index contributed by atoms with van der Waals surface area (Å²) in [7, 11) is 0. The van der Waals surface area contributed by atoms with Gasteiger partial charge in [-0.1, -0.05) is 19.1 Å². The van der Waals surface area contributed by atoms with Crippen LogP contribution < -0.4 is 5.32 Å². The summed E-state index contributed by atoms with van der Waals surface area (Å²) in [4.78, 5) is 15.0. The molecule has 132 valence electrons. The van der Waals surface area contributed by atoms with E-state index in [-0.39, 0.29) is 17.8 Å². The number of piperidine rings is 1. The summed E-state index contributed by atoms with van der Waals surface area (Å²) in [5.41, 5.74) is 2.28. The van der Waals surface area contributed by atoms with E-state index in [1.807, 2.05) is 22.6 Å². The van der Waals surface area contributed by atoms with E-state index in [1.165, 1.54) is 12.1 Å². The molecule has 5 nitrogen and oxygen atoms in total. The van der Waals surface area contributed by atoms with Crippen molar-refractivity contribution in [3.63, 3.8) is 0 Å². The predicted molar refractivity (Wildman–Crippen MR) is 94.0 cm³/mol. The van der Waals surface area contributed by atoms with Gasteiger partial charge in [0.1, 0.15) is 17.2 Å². The topological polar surface area (TPSA) is 50.2 Å². The van der Waals surface area contributed by atoms with Crippen LogP contribution in [0, 0.1) is 18.7 Å². The zero-order valence-electron chi connectivity index (χ0n) is 14.6. The van der Waals surface area contributed by atoms with Gasteiger partial charge in [-0.2, -0.15) is 5.10 Å². The molecule has 2 aromatic rings. The zero-order valence-corrected chi connectivity index (χ0v) is 14.6. The monoisotopic (exact) mass is 342 g/mol. The Morgan fingerprint density at radius 2 is 2.08 bits per heavy atom. The molecule has 1 aromatic carbocycles. The predicted octanol–water partition coefficient (Wildman–Crippen LogP) is 3.37. The molecule has 0 radical (unpaired) electrons. The third-order valence-corrected chi connectivity index (χ3v) is 5.33. The average molecular weight is 342 g/mol. The zero-order chi connectivity index (χ0) is 17.6. The Kier molecular flexibility index (Phi) is 3.98. The van der Waals surface area contributed by atoms with Crippen LogP contribution in [0.2, 0.25) is 0 Å². The highest BCUT2D eigenvalue weighted by molar-refractivity contribution is 6.00. The second-order valence-corrected chi connectivity index (χ2v) is 7.22. The van der Waals surface area contributed by atoms with Crippen LogP contribution in [0.25, 0.3) is 0 Å². The average Bonchev–Trinajstić information content (AvgIpc) is 3.11. The molecular formula is C19H23FN4O. The van der Waals surface area contributed by atoms with Crippen molar-refractivity contribution in [3.8, 4) is 0 Å². The highest BCUT2D eigenvalue weighted by Crippen LogP contribution is 2.34. The molecule has 4 rings (SSSR count). The Hall–Kier alpha value is -2.37. The lowest BCUT2D eigenvalue weighted by molar-refractivity contribution is 0.0697. The maximum absolute atomic E-state index is 13.5.